The van der Waals surface area contributed by atoms with E-state index in [0.29, 0.717) is 0 Å². The topological polar surface area (TPSA) is 38.9 Å². The van der Waals surface area contributed by atoms with Crippen LogP contribution in [0.5, 0.6) is 0 Å². The molecule has 0 saturated heterocycles. The van der Waals surface area contributed by atoms with Crippen LogP contribution in [0.15, 0.2) is 29.6 Å². The first-order valence-corrected chi connectivity index (χ1v) is 6.05. The maximum atomic E-state index is 13.0. The van der Waals surface area contributed by atoms with Gasteiger partial charge in [-0.05, 0) is 18.6 Å². The van der Waals surface area contributed by atoms with Crippen LogP contribution < -0.4 is 5.73 Å². The monoisotopic (exact) mass is 236 g/mol. The molecule has 1 heterocycles. The third-order valence-corrected chi connectivity index (χ3v) is 3.38. The van der Waals surface area contributed by atoms with Crippen molar-refractivity contribution in [3.63, 3.8) is 0 Å². The van der Waals surface area contributed by atoms with Gasteiger partial charge in [0.05, 0.1) is 11.7 Å². The van der Waals surface area contributed by atoms with E-state index < -0.39 is 0 Å². The number of halogens is 1. The lowest BCUT2D eigenvalue weighted by atomic mass is 10.2. The Morgan fingerprint density at radius 2 is 2.31 bits per heavy atom. The highest BCUT2D eigenvalue weighted by atomic mass is 32.1. The molecule has 2 nitrogen and oxygen atoms in total. The highest BCUT2D eigenvalue weighted by Gasteiger charge is 2.10. The smallest absolute Gasteiger partial charge is 0.123 e. The second-order valence-corrected chi connectivity index (χ2v) is 4.49. The number of benzene rings is 1. The summed E-state index contributed by atoms with van der Waals surface area (Å²) in [6, 6.07) is 6.42. The number of thiazole rings is 1. The van der Waals surface area contributed by atoms with Gasteiger partial charge in [-0.3, -0.25) is 0 Å². The molecule has 0 aliphatic rings. The quantitative estimate of drug-likeness (QED) is 0.887. The highest BCUT2D eigenvalue weighted by molar-refractivity contribution is 7.10. The minimum absolute atomic E-state index is 0.0210. The molecule has 84 valence electrons. The van der Waals surface area contributed by atoms with E-state index in [4.69, 9.17) is 5.73 Å². The minimum Gasteiger partial charge on any atom is -0.322 e. The number of hydrogen-bond donors (Lipinski definition) is 1. The van der Waals surface area contributed by atoms with Crippen LogP contribution in [0.3, 0.4) is 0 Å². The second kappa shape index (κ2) is 4.72. The lowest BCUT2D eigenvalue weighted by Gasteiger charge is -2.02. The Hall–Kier alpha value is -1.26. The standard InChI is InChI=1S/C12H13FN2S/c1-2-10(14)12-15-11(7-16-12)8-4-3-5-9(13)6-8/h3-7,10H,2,14H2,1H3. The Kier molecular flexibility index (Phi) is 3.31. The van der Waals surface area contributed by atoms with Crippen molar-refractivity contribution in [3.8, 4) is 11.3 Å². The lowest BCUT2D eigenvalue weighted by molar-refractivity contribution is 0.628. The van der Waals surface area contributed by atoms with Gasteiger partial charge in [-0.2, -0.15) is 0 Å². The highest BCUT2D eigenvalue weighted by Crippen LogP contribution is 2.25. The third-order valence-electron chi connectivity index (χ3n) is 2.40. The molecule has 0 spiro atoms. The lowest BCUT2D eigenvalue weighted by Crippen LogP contribution is -2.07. The van der Waals surface area contributed by atoms with Crippen molar-refractivity contribution in [2.24, 2.45) is 5.73 Å². The Balaban J connectivity index is 2.31. The number of rotatable bonds is 3. The van der Waals surface area contributed by atoms with Gasteiger partial charge in [0, 0.05) is 10.9 Å². The molecule has 0 aliphatic heterocycles. The molecule has 16 heavy (non-hydrogen) atoms. The average molecular weight is 236 g/mol. The van der Waals surface area contributed by atoms with Crippen LogP contribution >= 0.6 is 11.3 Å². The van der Waals surface area contributed by atoms with E-state index in [1.54, 1.807) is 6.07 Å². The fraction of sp³-hybridized carbons (Fsp3) is 0.250. The Morgan fingerprint density at radius 3 is 3.00 bits per heavy atom. The van der Waals surface area contributed by atoms with E-state index in [2.05, 4.69) is 4.98 Å². The fourth-order valence-corrected chi connectivity index (χ4v) is 2.33. The maximum Gasteiger partial charge on any atom is 0.123 e. The molecule has 2 aromatic rings. The van der Waals surface area contributed by atoms with Gasteiger partial charge in [0.25, 0.3) is 0 Å². The normalized spacial score (nSPS) is 12.7. The second-order valence-electron chi connectivity index (χ2n) is 3.60. The molecule has 0 bridgehead atoms. The molecule has 4 heteroatoms. The average Bonchev–Trinajstić information content (AvgIpc) is 2.77. The van der Waals surface area contributed by atoms with Crippen LogP contribution in [-0.2, 0) is 0 Å². The summed E-state index contributed by atoms with van der Waals surface area (Å²) in [4.78, 5) is 4.42. The Morgan fingerprint density at radius 1 is 1.50 bits per heavy atom. The molecule has 1 aromatic carbocycles. The van der Waals surface area contributed by atoms with Gasteiger partial charge in [0.15, 0.2) is 0 Å². The largest absolute Gasteiger partial charge is 0.322 e. The van der Waals surface area contributed by atoms with E-state index in [1.165, 1.54) is 23.5 Å². The zero-order valence-corrected chi connectivity index (χ0v) is 9.80. The number of aromatic nitrogens is 1. The zero-order valence-electron chi connectivity index (χ0n) is 8.98. The molecular formula is C12H13FN2S. The minimum atomic E-state index is -0.244. The Bertz CT molecular complexity index is 481. The van der Waals surface area contributed by atoms with Crippen molar-refractivity contribution in [2.75, 3.05) is 0 Å². The summed E-state index contributed by atoms with van der Waals surface area (Å²) in [5.74, 6) is -0.244. The Labute approximate surface area is 97.9 Å². The first kappa shape index (κ1) is 11.2. The summed E-state index contributed by atoms with van der Waals surface area (Å²) in [6.07, 6.45) is 0.857. The molecule has 0 radical (unpaired) electrons. The predicted octanol–water partition coefficient (Wildman–Crippen LogP) is 3.36. The first-order valence-electron chi connectivity index (χ1n) is 5.17. The van der Waals surface area contributed by atoms with Crippen LogP contribution in [0, 0.1) is 5.82 Å². The number of nitrogens with two attached hydrogens (primary N) is 1. The van der Waals surface area contributed by atoms with Crippen molar-refractivity contribution in [1.82, 2.24) is 4.98 Å². The fourth-order valence-electron chi connectivity index (χ4n) is 1.41. The molecule has 0 fully saturated rings. The summed E-state index contributed by atoms with van der Waals surface area (Å²) in [5, 5.41) is 2.82. The molecule has 1 unspecified atom stereocenters. The third kappa shape index (κ3) is 2.28. The van der Waals surface area contributed by atoms with Crippen molar-refractivity contribution in [1.29, 1.82) is 0 Å². The van der Waals surface area contributed by atoms with Crippen molar-refractivity contribution in [3.05, 3.63) is 40.5 Å². The summed E-state index contributed by atoms with van der Waals surface area (Å²) in [7, 11) is 0. The summed E-state index contributed by atoms with van der Waals surface area (Å²) < 4.78 is 13.0. The van der Waals surface area contributed by atoms with E-state index in [9.17, 15) is 4.39 Å². The van der Waals surface area contributed by atoms with Crippen LogP contribution in [0.4, 0.5) is 4.39 Å². The predicted molar refractivity (Wildman–Crippen MR) is 64.7 cm³/mol. The molecular weight excluding hydrogens is 223 g/mol. The SMILES string of the molecule is CCC(N)c1nc(-c2cccc(F)c2)cs1. The molecule has 2 N–H and O–H groups in total. The van der Waals surface area contributed by atoms with Gasteiger partial charge in [0.2, 0.25) is 0 Å². The molecule has 0 amide bonds. The molecule has 1 aromatic heterocycles. The van der Waals surface area contributed by atoms with Crippen LogP contribution in [0.1, 0.15) is 24.4 Å². The van der Waals surface area contributed by atoms with Gasteiger partial charge in [-0.15, -0.1) is 11.3 Å². The van der Waals surface area contributed by atoms with Crippen molar-refractivity contribution >= 4 is 11.3 Å². The van der Waals surface area contributed by atoms with Gasteiger partial charge in [0.1, 0.15) is 10.8 Å². The van der Waals surface area contributed by atoms with E-state index in [1.807, 2.05) is 18.4 Å². The van der Waals surface area contributed by atoms with E-state index in [-0.39, 0.29) is 11.9 Å². The molecule has 2 rings (SSSR count). The number of hydrogen-bond acceptors (Lipinski definition) is 3. The molecule has 1 atom stereocenters. The van der Waals surface area contributed by atoms with E-state index >= 15 is 0 Å². The zero-order chi connectivity index (χ0) is 11.5. The van der Waals surface area contributed by atoms with Crippen LogP contribution in [-0.4, -0.2) is 4.98 Å². The van der Waals surface area contributed by atoms with Crippen molar-refractivity contribution < 1.29 is 4.39 Å². The summed E-state index contributed by atoms with van der Waals surface area (Å²) in [6.45, 7) is 2.02. The van der Waals surface area contributed by atoms with Crippen LogP contribution in [0.2, 0.25) is 0 Å². The van der Waals surface area contributed by atoms with Gasteiger partial charge >= 0.3 is 0 Å². The van der Waals surface area contributed by atoms with Gasteiger partial charge in [-0.25, -0.2) is 9.37 Å². The summed E-state index contributed by atoms with van der Waals surface area (Å²) in [5.41, 5.74) is 7.48. The maximum absolute atomic E-state index is 13.0. The summed E-state index contributed by atoms with van der Waals surface area (Å²) >= 11 is 1.52. The van der Waals surface area contributed by atoms with Crippen LogP contribution in [0.25, 0.3) is 11.3 Å². The molecule has 0 saturated carbocycles. The van der Waals surface area contributed by atoms with Crippen molar-refractivity contribution in [2.45, 2.75) is 19.4 Å². The molecule has 0 aliphatic carbocycles. The van der Waals surface area contributed by atoms with Gasteiger partial charge < -0.3 is 5.73 Å². The van der Waals surface area contributed by atoms with E-state index in [0.717, 1.165) is 22.7 Å². The number of nitrogens with zero attached hydrogens (tertiary/aromatic N) is 1. The first-order chi connectivity index (χ1) is 7.70. The van der Waals surface area contributed by atoms with Gasteiger partial charge in [-0.1, -0.05) is 19.1 Å².